The maximum Gasteiger partial charge on any atom is 0.293 e. The molecule has 0 aliphatic carbocycles. The van der Waals surface area contributed by atoms with Crippen LogP contribution in [0.25, 0.3) is 10.8 Å². The van der Waals surface area contributed by atoms with E-state index >= 15 is 0 Å². The molecule has 0 spiro atoms. The molecule has 258 valence electrons. The molecule has 0 radical (unpaired) electrons. The van der Waals surface area contributed by atoms with Crippen LogP contribution in [0.2, 0.25) is 0 Å². The number of hydrogen-bond acceptors (Lipinski definition) is 9. The minimum atomic E-state index is -0.181. The van der Waals surface area contributed by atoms with Gasteiger partial charge < -0.3 is 36.0 Å². The number of halogens is 1. The molecular weight excluding hydrogens is 609 g/mol. The number of terminal acetylenes is 1. The number of aromatic nitrogens is 1. The van der Waals surface area contributed by atoms with Crippen LogP contribution < -0.4 is 21.7 Å². The summed E-state index contributed by atoms with van der Waals surface area (Å²) in [4.78, 5) is 23.4. The van der Waals surface area contributed by atoms with E-state index in [0.717, 1.165) is 37.2 Å². The van der Waals surface area contributed by atoms with Crippen molar-refractivity contribution in [1.29, 1.82) is 0 Å². The Balaban J connectivity index is 0.000000358. The third-order valence-electron chi connectivity index (χ3n) is 7.19. The van der Waals surface area contributed by atoms with Gasteiger partial charge in [0.15, 0.2) is 0 Å². The first-order chi connectivity index (χ1) is 23.4. The van der Waals surface area contributed by atoms with Gasteiger partial charge in [-0.1, -0.05) is 54.6 Å². The van der Waals surface area contributed by atoms with E-state index in [-0.39, 0.29) is 24.5 Å². The number of fused-ring (bicyclic) bond motifs is 1. The van der Waals surface area contributed by atoms with Gasteiger partial charge in [-0.15, -0.1) is 12.8 Å². The molecule has 1 aromatic heterocycles. The molecule has 48 heavy (non-hydrogen) atoms. The minimum Gasteiger partial charge on any atom is -0.466 e. The molecule has 1 aliphatic heterocycles. The van der Waals surface area contributed by atoms with E-state index in [4.69, 9.17) is 14.3 Å². The number of carbonyl (C=O) groups is 2. The summed E-state index contributed by atoms with van der Waals surface area (Å²) >= 11 is 0. The number of nitrogens with zero attached hydrogens (tertiary/aromatic N) is 1. The zero-order valence-corrected chi connectivity index (χ0v) is 28.5. The number of nitrogens with two attached hydrogens (primary N) is 1. The number of benzene rings is 3. The second-order valence-electron chi connectivity index (χ2n) is 10.6. The average molecular weight is 660 g/mol. The summed E-state index contributed by atoms with van der Waals surface area (Å²) < 4.78 is 22.9. The van der Waals surface area contributed by atoms with Crippen LogP contribution in [0.15, 0.2) is 79.1 Å². The van der Waals surface area contributed by atoms with Crippen LogP contribution >= 0.6 is 0 Å². The highest BCUT2D eigenvalue weighted by molar-refractivity contribution is 5.85. The fourth-order valence-electron chi connectivity index (χ4n) is 4.75. The summed E-state index contributed by atoms with van der Waals surface area (Å²) in [5.74, 6) is -0.181. The predicted molar refractivity (Wildman–Crippen MR) is 193 cm³/mol. The van der Waals surface area contributed by atoms with Crippen molar-refractivity contribution in [2.45, 2.75) is 45.4 Å². The first-order valence-corrected chi connectivity index (χ1v) is 15.7. The van der Waals surface area contributed by atoms with Gasteiger partial charge in [-0.25, -0.2) is 4.39 Å². The molecule has 5 N–H and O–H groups in total. The number of hydrogen-bond donors (Lipinski definition) is 4. The van der Waals surface area contributed by atoms with Gasteiger partial charge in [0.1, 0.15) is 18.7 Å². The average Bonchev–Trinajstić information content (AvgIpc) is 3.13. The number of rotatable bonds is 10. The molecule has 0 saturated carbocycles. The highest BCUT2D eigenvalue weighted by Gasteiger charge is 2.21. The first-order valence-electron chi connectivity index (χ1n) is 15.7. The molecule has 10 heteroatoms. The Bertz CT molecular complexity index is 1470. The van der Waals surface area contributed by atoms with Crippen LogP contribution in [0, 0.1) is 32.5 Å². The maximum atomic E-state index is 12.3. The summed E-state index contributed by atoms with van der Waals surface area (Å²) in [6.45, 7) is 7.35. The predicted octanol–water partition coefficient (Wildman–Crippen LogP) is 4.98. The van der Waals surface area contributed by atoms with Crippen molar-refractivity contribution in [3.8, 4) is 12.8 Å². The van der Waals surface area contributed by atoms with Crippen molar-refractivity contribution in [2.24, 2.45) is 5.73 Å². The van der Waals surface area contributed by atoms with Crippen LogP contribution in [0.1, 0.15) is 28.7 Å². The van der Waals surface area contributed by atoms with Crippen molar-refractivity contribution in [3.63, 3.8) is 0 Å². The highest BCUT2D eigenvalue weighted by Crippen LogP contribution is 2.21. The second-order valence-corrected chi connectivity index (χ2v) is 10.6. The van der Waals surface area contributed by atoms with Gasteiger partial charge in [0.05, 0.1) is 30.6 Å². The largest absolute Gasteiger partial charge is 0.466 e. The number of anilines is 1. The molecule has 3 aromatic carbocycles. The van der Waals surface area contributed by atoms with Gasteiger partial charge in [-0.3, -0.25) is 9.78 Å². The fourth-order valence-corrected chi connectivity index (χ4v) is 4.75. The van der Waals surface area contributed by atoms with Gasteiger partial charge in [0.2, 0.25) is 0 Å². The number of nitrogens with one attached hydrogen (secondary N) is 3. The molecule has 1 fully saturated rings. The molecule has 0 unspecified atom stereocenters. The van der Waals surface area contributed by atoms with E-state index in [2.05, 4.69) is 95.8 Å². The maximum absolute atomic E-state index is 12.3. The van der Waals surface area contributed by atoms with E-state index in [9.17, 15) is 9.18 Å². The topological polar surface area (TPSA) is 128 Å². The quantitative estimate of drug-likeness (QED) is 0.138. The number of carbonyl (C=O) groups excluding carboxylic acids is 2. The number of aryl methyl sites for hydroxylation is 2. The number of morpholine rings is 1. The van der Waals surface area contributed by atoms with Crippen molar-refractivity contribution in [1.82, 2.24) is 15.6 Å². The smallest absolute Gasteiger partial charge is 0.293 e. The minimum absolute atomic E-state index is 0.0991. The Morgan fingerprint density at radius 2 is 1.71 bits per heavy atom. The first kappa shape index (κ1) is 41.4. The SMILES string of the molecule is C#C.CNCc1ccc(F)cc1.CNc1cncc(C)c1CC[C@@H]1CN[C@H](COC=O)CO1.Cc1cccc2ccccc12.NCC=O. The molecule has 0 amide bonds. The third kappa shape index (κ3) is 15.8. The summed E-state index contributed by atoms with van der Waals surface area (Å²) in [6.07, 6.45) is 14.5. The van der Waals surface area contributed by atoms with Gasteiger partial charge in [-0.05, 0) is 78.9 Å². The Morgan fingerprint density at radius 3 is 2.29 bits per heavy atom. The molecule has 2 heterocycles. The number of aldehydes is 1. The number of pyridine rings is 1. The Morgan fingerprint density at radius 1 is 1.02 bits per heavy atom. The molecule has 4 aromatic rings. The molecular formula is C38H50FN5O4. The van der Waals surface area contributed by atoms with Gasteiger partial charge >= 0.3 is 0 Å². The van der Waals surface area contributed by atoms with Crippen LogP contribution in [0.5, 0.6) is 0 Å². The second kappa shape index (κ2) is 25.4. The molecule has 5 rings (SSSR count). The monoisotopic (exact) mass is 659 g/mol. The van der Waals surface area contributed by atoms with Crippen molar-refractivity contribution in [2.75, 3.05) is 45.7 Å². The van der Waals surface area contributed by atoms with Crippen molar-refractivity contribution < 1.29 is 23.5 Å². The lowest BCUT2D eigenvalue weighted by molar-refractivity contribution is -0.130. The molecule has 1 aliphatic rings. The van der Waals surface area contributed by atoms with Gasteiger partial charge in [0.25, 0.3) is 6.47 Å². The fraction of sp³-hybridized carbons (Fsp3) is 0.342. The summed E-state index contributed by atoms with van der Waals surface area (Å²) in [5.41, 5.74) is 10.7. The van der Waals surface area contributed by atoms with E-state index in [1.807, 2.05) is 26.5 Å². The third-order valence-corrected chi connectivity index (χ3v) is 7.19. The summed E-state index contributed by atoms with van der Waals surface area (Å²) in [6, 6.07) is 21.4. The zero-order valence-electron chi connectivity index (χ0n) is 28.5. The lowest BCUT2D eigenvalue weighted by atomic mass is 10.0. The van der Waals surface area contributed by atoms with Gasteiger partial charge in [0, 0.05) is 32.9 Å². The Hall–Kier alpha value is -4.66. The summed E-state index contributed by atoms with van der Waals surface area (Å²) in [7, 11) is 3.78. The molecule has 9 nitrogen and oxygen atoms in total. The van der Waals surface area contributed by atoms with Gasteiger partial charge in [-0.2, -0.15) is 0 Å². The van der Waals surface area contributed by atoms with Crippen molar-refractivity contribution in [3.05, 3.63) is 107 Å². The summed E-state index contributed by atoms with van der Waals surface area (Å²) in [5, 5.41) is 12.2. The van der Waals surface area contributed by atoms with Crippen LogP contribution in [0.4, 0.5) is 10.1 Å². The zero-order chi connectivity index (χ0) is 35.6. The van der Waals surface area contributed by atoms with E-state index in [1.165, 1.54) is 39.6 Å². The van der Waals surface area contributed by atoms with Crippen LogP contribution in [0.3, 0.4) is 0 Å². The van der Waals surface area contributed by atoms with Crippen LogP contribution in [-0.4, -0.2) is 70.3 Å². The lowest BCUT2D eigenvalue weighted by Crippen LogP contribution is -2.48. The Labute approximate surface area is 284 Å². The Kier molecular flexibility index (Phi) is 21.9. The normalized spacial score (nSPS) is 14.5. The standard InChI is InChI=1S/C15H23N3O3.C11H10.C8H10FN.C2H5NO.C2H2/c1-11-5-17-7-15(16-2)14(11)4-3-13-6-18-12(9-21-13)8-20-10-19;1-9-5-4-7-10-6-2-3-8-11(9)10;1-10-6-7-2-4-8(9)5-3-7;3-1-2-4;1-2/h5,7,10,12-13,16,18H,3-4,6,8-9H2,1-2H3;2-8H,1H3;2-5,10H,6H2,1H3;2H,1,3H2;1-2H/t12-,13-;;;;/m1..../s1. The van der Waals surface area contributed by atoms with E-state index in [1.54, 1.807) is 12.1 Å². The van der Waals surface area contributed by atoms with E-state index < -0.39 is 0 Å². The lowest BCUT2D eigenvalue weighted by Gasteiger charge is -2.30. The molecule has 2 atom stereocenters. The molecule has 0 bridgehead atoms. The van der Waals surface area contributed by atoms with Crippen LogP contribution in [-0.2, 0) is 32.0 Å². The molecule has 1 saturated heterocycles. The number of ether oxygens (including phenoxy) is 2. The van der Waals surface area contributed by atoms with Crippen molar-refractivity contribution >= 4 is 29.2 Å². The highest BCUT2D eigenvalue weighted by atomic mass is 19.1. The van der Waals surface area contributed by atoms with E-state index in [0.29, 0.717) is 26.0 Å².